The van der Waals surface area contributed by atoms with E-state index in [2.05, 4.69) is 40.1 Å². The Morgan fingerprint density at radius 2 is 1.57 bits per heavy atom. The van der Waals surface area contributed by atoms with Gasteiger partial charge in [0, 0.05) is 36.4 Å². The van der Waals surface area contributed by atoms with Crippen molar-refractivity contribution >= 4 is 23.2 Å². The maximum atomic E-state index is 11.5. The average Bonchev–Trinajstić information content (AvgIpc) is 3.35. The van der Waals surface area contributed by atoms with Crippen LogP contribution in [0.25, 0.3) is 0 Å². The molecule has 0 aromatic heterocycles. The topological polar surface area (TPSA) is 92.7 Å². The highest BCUT2D eigenvalue weighted by atomic mass is 16.1. The Labute approximate surface area is 176 Å². The maximum absolute atomic E-state index is 11.5. The third-order valence-electron chi connectivity index (χ3n) is 6.98. The van der Waals surface area contributed by atoms with Crippen molar-refractivity contribution in [3.05, 3.63) is 59.2 Å². The normalized spacial score (nSPS) is 24.3. The van der Waals surface area contributed by atoms with Crippen LogP contribution in [0.3, 0.4) is 0 Å². The van der Waals surface area contributed by atoms with E-state index in [4.69, 9.17) is 11.5 Å². The molecule has 0 radical (unpaired) electrons. The molecule has 3 heterocycles. The minimum atomic E-state index is -0.312. The summed E-state index contributed by atoms with van der Waals surface area (Å²) in [4.78, 5) is 27.8. The Morgan fingerprint density at radius 1 is 0.867 bits per heavy atom. The number of fused-ring (bicyclic) bond motifs is 6. The molecule has 0 spiro atoms. The second-order valence-corrected chi connectivity index (χ2v) is 8.84. The van der Waals surface area contributed by atoms with Crippen LogP contribution in [0.1, 0.15) is 42.0 Å². The van der Waals surface area contributed by atoms with Gasteiger partial charge in [0.25, 0.3) is 0 Å². The molecule has 4 N–H and O–H groups in total. The van der Waals surface area contributed by atoms with Crippen molar-refractivity contribution in [2.45, 2.75) is 44.2 Å². The van der Waals surface area contributed by atoms with Gasteiger partial charge in [-0.25, -0.2) is 0 Å². The van der Waals surface area contributed by atoms with Gasteiger partial charge in [-0.2, -0.15) is 0 Å². The quantitative estimate of drug-likeness (QED) is 0.800. The summed E-state index contributed by atoms with van der Waals surface area (Å²) in [7, 11) is 0. The van der Waals surface area contributed by atoms with Crippen LogP contribution >= 0.6 is 0 Å². The van der Waals surface area contributed by atoms with Crippen molar-refractivity contribution in [1.29, 1.82) is 0 Å². The minimum absolute atomic E-state index is 0.267. The van der Waals surface area contributed by atoms with Gasteiger partial charge in [0.15, 0.2) is 0 Å². The van der Waals surface area contributed by atoms with Crippen LogP contribution in [-0.2, 0) is 22.4 Å². The van der Waals surface area contributed by atoms with Crippen LogP contribution in [0.4, 0.5) is 11.4 Å². The maximum Gasteiger partial charge on any atom is 0.221 e. The molecule has 30 heavy (non-hydrogen) atoms. The summed E-state index contributed by atoms with van der Waals surface area (Å²) in [5, 5.41) is 0. The molecule has 2 aromatic carbocycles. The summed E-state index contributed by atoms with van der Waals surface area (Å²) in [6.07, 6.45) is 4.18. The fraction of sp³-hybridized carbons (Fsp3) is 0.417. The van der Waals surface area contributed by atoms with Crippen LogP contribution in [0, 0.1) is 5.92 Å². The SMILES string of the molecule is NC(=O)Cc1ccc(N2CC[C@@H]3[C@H]4CCCN4c4ccc(CC(N)=O)cc4[C@@H]32)cc1. The first-order valence-corrected chi connectivity index (χ1v) is 10.8. The van der Waals surface area contributed by atoms with Crippen molar-refractivity contribution in [2.75, 3.05) is 22.9 Å². The van der Waals surface area contributed by atoms with Gasteiger partial charge in [-0.1, -0.05) is 24.3 Å². The summed E-state index contributed by atoms with van der Waals surface area (Å²) >= 11 is 0. The number of rotatable bonds is 5. The molecule has 156 valence electrons. The number of anilines is 2. The van der Waals surface area contributed by atoms with E-state index in [0.29, 0.717) is 18.0 Å². The van der Waals surface area contributed by atoms with Gasteiger partial charge >= 0.3 is 0 Å². The molecule has 6 heteroatoms. The lowest BCUT2D eigenvalue weighted by atomic mass is 9.81. The number of hydrogen-bond acceptors (Lipinski definition) is 4. The fourth-order valence-electron chi connectivity index (χ4n) is 5.86. The Balaban J connectivity index is 1.53. The predicted molar refractivity (Wildman–Crippen MR) is 117 cm³/mol. The molecular weight excluding hydrogens is 376 g/mol. The number of carbonyl (C=O) groups is 2. The van der Waals surface area contributed by atoms with Crippen LogP contribution < -0.4 is 21.3 Å². The number of carbonyl (C=O) groups excluding carboxylic acids is 2. The predicted octanol–water partition coefficient (Wildman–Crippen LogP) is 2.29. The van der Waals surface area contributed by atoms with Gasteiger partial charge < -0.3 is 21.3 Å². The summed E-state index contributed by atoms with van der Waals surface area (Å²) in [5.74, 6) is -0.0303. The number of benzene rings is 2. The molecule has 3 aliphatic heterocycles. The zero-order valence-corrected chi connectivity index (χ0v) is 17.1. The van der Waals surface area contributed by atoms with E-state index in [-0.39, 0.29) is 24.7 Å². The molecule has 6 nitrogen and oxygen atoms in total. The Morgan fingerprint density at radius 3 is 2.30 bits per heavy atom. The van der Waals surface area contributed by atoms with Crippen molar-refractivity contribution in [3.8, 4) is 0 Å². The highest BCUT2D eigenvalue weighted by Crippen LogP contribution is 2.52. The van der Waals surface area contributed by atoms with Crippen molar-refractivity contribution < 1.29 is 9.59 Å². The number of nitrogens with two attached hydrogens (primary N) is 2. The lowest BCUT2D eigenvalue weighted by Crippen LogP contribution is -2.44. The molecule has 3 atom stereocenters. The minimum Gasteiger partial charge on any atom is -0.369 e. The van der Waals surface area contributed by atoms with Crippen LogP contribution in [0.5, 0.6) is 0 Å². The molecule has 2 aromatic rings. The van der Waals surface area contributed by atoms with E-state index >= 15 is 0 Å². The molecular formula is C24H28N4O2. The van der Waals surface area contributed by atoms with Crippen LogP contribution in [0.2, 0.25) is 0 Å². The summed E-state index contributed by atoms with van der Waals surface area (Å²) < 4.78 is 0. The number of primary amides is 2. The molecule has 2 fully saturated rings. The van der Waals surface area contributed by atoms with Gasteiger partial charge in [-0.15, -0.1) is 0 Å². The summed E-state index contributed by atoms with van der Waals surface area (Å²) in [5.41, 5.74) is 16.5. The molecule has 0 bridgehead atoms. The Hall–Kier alpha value is -3.02. The first kappa shape index (κ1) is 19.0. The molecule has 3 aliphatic rings. The lowest BCUT2D eigenvalue weighted by molar-refractivity contribution is -0.118. The Kier molecular flexibility index (Phi) is 4.65. The van der Waals surface area contributed by atoms with Gasteiger partial charge in [-0.3, -0.25) is 9.59 Å². The van der Waals surface area contributed by atoms with E-state index in [1.807, 2.05) is 12.1 Å². The average molecular weight is 405 g/mol. The second-order valence-electron chi connectivity index (χ2n) is 8.84. The van der Waals surface area contributed by atoms with Crippen LogP contribution in [-0.4, -0.2) is 30.9 Å². The van der Waals surface area contributed by atoms with Crippen LogP contribution in [0.15, 0.2) is 42.5 Å². The number of hydrogen-bond donors (Lipinski definition) is 2. The van der Waals surface area contributed by atoms with Crippen molar-refractivity contribution in [3.63, 3.8) is 0 Å². The van der Waals surface area contributed by atoms with Gasteiger partial charge in [0.1, 0.15) is 0 Å². The highest BCUT2D eigenvalue weighted by Gasteiger charge is 2.48. The van der Waals surface area contributed by atoms with Gasteiger partial charge in [-0.05, 0) is 54.2 Å². The summed E-state index contributed by atoms with van der Waals surface area (Å²) in [6.45, 7) is 2.12. The zero-order chi connectivity index (χ0) is 20.8. The van der Waals surface area contributed by atoms with Gasteiger partial charge in [0.05, 0.1) is 18.9 Å². The fourth-order valence-corrected chi connectivity index (χ4v) is 5.86. The Bertz CT molecular complexity index is 987. The largest absolute Gasteiger partial charge is 0.369 e. The van der Waals surface area contributed by atoms with E-state index in [1.54, 1.807) is 0 Å². The van der Waals surface area contributed by atoms with Crippen molar-refractivity contribution in [2.24, 2.45) is 17.4 Å². The van der Waals surface area contributed by atoms with Crippen molar-refractivity contribution in [1.82, 2.24) is 0 Å². The first-order chi connectivity index (χ1) is 14.5. The third kappa shape index (κ3) is 3.20. The molecule has 0 saturated carbocycles. The van der Waals surface area contributed by atoms with E-state index in [1.165, 1.54) is 29.8 Å². The molecule has 5 rings (SSSR count). The highest BCUT2D eigenvalue weighted by molar-refractivity contribution is 5.78. The monoisotopic (exact) mass is 404 g/mol. The van der Waals surface area contributed by atoms with E-state index in [0.717, 1.165) is 30.6 Å². The number of amides is 2. The first-order valence-electron chi connectivity index (χ1n) is 10.8. The zero-order valence-electron chi connectivity index (χ0n) is 17.1. The molecule has 0 aliphatic carbocycles. The summed E-state index contributed by atoms with van der Waals surface area (Å²) in [6, 6.07) is 15.5. The molecule has 0 unspecified atom stereocenters. The third-order valence-corrected chi connectivity index (χ3v) is 6.98. The smallest absolute Gasteiger partial charge is 0.221 e. The van der Waals surface area contributed by atoms with Gasteiger partial charge in [0.2, 0.25) is 11.8 Å². The second kappa shape index (κ2) is 7.35. The lowest BCUT2D eigenvalue weighted by Gasteiger charge is -2.44. The molecule has 2 amide bonds. The number of nitrogens with zero attached hydrogens (tertiary/aromatic N) is 2. The van der Waals surface area contributed by atoms with E-state index in [9.17, 15) is 9.59 Å². The van der Waals surface area contributed by atoms with E-state index < -0.39 is 0 Å². The molecule has 2 saturated heterocycles. The standard InChI is InChI=1S/C24H28N4O2/c25-22(29)13-15-3-6-17(7-4-15)27-11-9-18-20-2-1-10-28(20)21-8-5-16(14-23(26)30)12-19(21)24(18)27/h3-8,12,18,20,24H,1-2,9-11,13-14H2,(H2,25,29)(H2,26,30)/t18-,20-,24-/m1/s1.